The van der Waals surface area contributed by atoms with Crippen LogP contribution in [0.5, 0.6) is 0 Å². The fourth-order valence-corrected chi connectivity index (χ4v) is 8.67. The van der Waals surface area contributed by atoms with Crippen LogP contribution in [-0.2, 0) is 4.79 Å². The van der Waals surface area contributed by atoms with Crippen LogP contribution in [0.4, 0.5) is 0 Å². The van der Waals surface area contributed by atoms with Gasteiger partial charge in [0.15, 0.2) is 0 Å². The van der Waals surface area contributed by atoms with E-state index in [1.54, 1.807) is 5.57 Å². The second-order valence-corrected chi connectivity index (χ2v) is 13.3. The molecular weight excluding hydrogens is 476 g/mol. The molecule has 0 heterocycles. The van der Waals surface area contributed by atoms with E-state index in [9.17, 15) is 9.90 Å². The zero-order valence-electron chi connectivity index (χ0n) is 21.8. The van der Waals surface area contributed by atoms with Gasteiger partial charge in [0.2, 0.25) is 0 Å². The quantitative estimate of drug-likeness (QED) is 0.274. The van der Waals surface area contributed by atoms with Gasteiger partial charge in [0.25, 0.3) is 0 Å². The van der Waals surface area contributed by atoms with E-state index in [2.05, 4.69) is 56.6 Å². The molecule has 3 nitrogen and oxygen atoms in total. The fraction of sp³-hybridized carbons (Fsp3) is 0.897. The van der Waals surface area contributed by atoms with Crippen molar-refractivity contribution in [3.05, 3.63) is 11.6 Å². The molecule has 0 radical (unpaired) electrons. The highest BCUT2D eigenvalue weighted by Gasteiger charge is 2.59. The minimum atomic E-state index is -0.829. The van der Waals surface area contributed by atoms with Crippen LogP contribution in [0.15, 0.2) is 11.6 Å². The van der Waals surface area contributed by atoms with E-state index in [1.165, 1.54) is 57.8 Å². The van der Waals surface area contributed by atoms with E-state index in [0.717, 1.165) is 48.3 Å². The molecule has 0 saturated heterocycles. The lowest BCUT2D eigenvalue weighted by molar-refractivity contribution is -0.133. The average Bonchev–Trinajstić information content (AvgIpc) is 3.11. The lowest BCUT2D eigenvalue weighted by atomic mass is 9.47. The second-order valence-electron chi connectivity index (χ2n) is 12.7. The predicted octanol–water partition coefficient (Wildman–Crippen LogP) is 7.85. The van der Waals surface area contributed by atoms with Gasteiger partial charge >= 0.3 is 5.97 Å². The molecule has 0 aromatic heterocycles. The Bertz CT molecular complexity index is 703. The van der Waals surface area contributed by atoms with Crippen molar-refractivity contribution in [3.63, 3.8) is 0 Å². The molecule has 4 aliphatic carbocycles. The predicted molar refractivity (Wildman–Crippen MR) is 140 cm³/mol. The third kappa shape index (κ3) is 5.74. The monoisotopic (exact) mass is 524 g/mol. The number of halogens is 1. The van der Waals surface area contributed by atoms with Crippen molar-refractivity contribution in [1.29, 1.82) is 0 Å². The number of carboxylic acids is 1. The third-order valence-corrected chi connectivity index (χ3v) is 10.9. The smallest absolute Gasteiger partial charge is 0.314 e. The summed E-state index contributed by atoms with van der Waals surface area (Å²) in [7, 11) is 0. The van der Waals surface area contributed by atoms with E-state index in [0.29, 0.717) is 10.8 Å². The van der Waals surface area contributed by atoms with Crippen LogP contribution in [-0.4, -0.2) is 27.6 Å². The number of hydrogen-bond acceptors (Lipinski definition) is 2. The summed E-state index contributed by atoms with van der Waals surface area (Å²) in [4.78, 5) is 9.32. The summed E-state index contributed by atoms with van der Waals surface area (Å²) in [6, 6.07) is 0. The summed E-state index contributed by atoms with van der Waals surface area (Å²) in [5.74, 6) is 4.63. The summed E-state index contributed by atoms with van der Waals surface area (Å²) in [6.45, 7) is 12.6. The molecule has 1 unspecified atom stereocenters. The molecule has 4 aliphatic rings. The first kappa shape index (κ1) is 27.2. The Balaban J connectivity index is 0.000000555. The number of allylic oxidation sites excluding steroid dienone is 1. The van der Waals surface area contributed by atoms with Gasteiger partial charge in [-0.1, -0.05) is 81.5 Å². The minimum absolute atomic E-state index is 0.0347. The number of aliphatic hydroxyl groups is 1. The third-order valence-electron chi connectivity index (χ3n) is 10.4. The summed E-state index contributed by atoms with van der Waals surface area (Å²) in [5, 5.41) is 17.9. The van der Waals surface area contributed by atoms with Crippen molar-refractivity contribution in [2.45, 2.75) is 111 Å². The van der Waals surface area contributed by atoms with Crippen LogP contribution >= 0.6 is 15.9 Å². The molecule has 190 valence electrons. The fourth-order valence-electron chi connectivity index (χ4n) is 8.67. The first-order chi connectivity index (χ1) is 15.5. The van der Waals surface area contributed by atoms with Gasteiger partial charge in [-0.25, -0.2) is 0 Å². The summed E-state index contributed by atoms with van der Waals surface area (Å²) in [6.07, 6.45) is 17.2. The highest BCUT2D eigenvalue weighted by atomic mass is 79.9. The average molecular weight is 526 g/mol. The van der Waals surface area contributed by atoms with Crippen molar-refractivity contribution in [1.82, 2.24) is 0 Å². The minimum Gasteiger partial charge on any atom is -0.481 e. The molecule has 0 bridgehead atoms. The van der Waals surface area contributed by atoms with Crippen LogP contribution in [0, 0.1) is 46.3 Å². The summed E-state index contributed by atoms with van der Waals surface area (Å²) < 4.78 is 0. The molecule has 8 atom stereocenters. The largest absolute Gasteiger partial charge is 0.481 e. The van der Waals surface area contributed by atoms with Crippen LogP contribution in [0.3, 0.4) is 0 Å². The zero-order valence-corrected chi connectivity index (χ0v) is 23.4. The maximum Gasteiger partial charge on any atom is 0.314 e. The topological polar surface area (TPSA) is 57.5 Å². The standard InChI is InChI=1S/C27H46O.C2H3BrO2/c1-18(2)7-6-8-19(3)23-11-12-24-22-10-9-20-17-21(28)13-15-26(20,4)25(22)14-16-27(23,24)5;3-1-2(4)5/h9,18-19,21-25,28H,6-8,10-17H2,1-5H3;1H2,(H,4,5)/t19?,21-,22-,23+,24-,25-,26-,27+;/m0./s1. The molecule has 4 rings (SSSR count). The Morgan fingerprint density at radius 1 is 1.09 bits per heavy atom. The van der Waals surface area contributed by atoms with Crippen LogP contribution in [0.25, 0.3) is 0 Å². The Hall–Kier alpha value is -0.350. The van der Waals surface area contributed by atoms with Gasteiger partial charge in [0, 0.05) is 0 Å². The highest BCUT2D eigenvalue weighted by molar-refractivity contribution is 9.09. The Morgan fingerprint density at radius 3 is 2.42 bits per heavy atom. The number of hydrogen-bond donors (Lipinski definition) is 2. The van der Waals surface area contributed by atoms with Gasteiger partial charge in [0.1, 0.15) is 5.33 Å². The van der Waals surface area contributed by atoms with E-state index >= 15 is 0 Å². The Morgan fingerprint density at radius 2 is 1.79 bits per heavy atom. The molecule has 0 aromatic carbocycles. The summed E-state index contributed by atoms with van der Waals surface area (Å²) in [5.41, 5.74) is 2.60. The molecule has 2 N–H and O–H groups in total. The molecule has 4 heteroatoms. The van der Waals surface area contributed by atoms with E-state index in [1.807, 2.05) is 0 Å². The van der Waals surface area contributed by atoms with Gasteiger partial charge < -0.3 is 10.2 Å². The number of aliphatic hydroxyl groups excluding tert-OH is 1. The molecular formula is C29H49BrO3. The number of rotatable bonds is 6. The molecule has 0 aromatic rings. The molecule has 3 fully saturated rings. The van der Waals surface area contributed by atoms with Crippen LogP contribution < -0.4 is 0 Å². The summed E-state index contributed by atoms with van der Waals surface area (Å²) >= 11 is 2.71. The Labute approximate surface area is 211 Å². The number of carbonyl (C=O) groups is 1. The zero-order chi connectivity index (χ0) is 24.4. The van der Waals surface area contributed by atoms with E-state index < -0.39 is 5.97 Å². The van der Waals surface area contributed by atoms with Gasteiger partial charge in [-0.3, -0.25) is 4.79 Å². The molecule has 0 aliphatic heterocycles. The second kappa shape index (κ2) is 11.1. The number of aliphatic carboxylic acids is 1. The number of carboxylic acid groups (broad SMARTS) is 1. The van der Waals surface area contributed by atoms with E-state index in [4.69, 9.17) is 5.11 Å². The normalized spacial score (nSPS) is 40.6. The van der Waals surface area contributed by atoms with E-state index in [-0.39, 0.29) is 11.4 Å². The first-order valence-electron chi connectivity index (χ1n) is 13.7. The van der Waals surface area contributed by atoms with Crippen LogP contribution in [0.2, 0.25) is 0 Å². The van der Waals surface area contributed by atoms with Crippen molar-refractivity contribution in [3.8, 4) is 0 Å². The number of fused-ring (bicyclic) bond motifs is 5. The Kier molecular flexibility index (Phi) is 9.20. The maximum atomic E-state index is 10.2. The van der Waals surface area contributed by atoms with Gasteiger partial charge in [0.05, 0.1) is 6.10 Å². The molecule has 0 amide bonds. The van der Waals surface area contributed by atoms with Crippen LogP contribution in [0.1, 0.15) is 105 Å². The maximum absolute atomic E-state index is 10.2. The van der Waals surface area contributed by atoms with Gasteiger partial charge in [-0.15, -0.1) is 0 Å². The molecule has 3 saturated carbocycles. The molecule has 0 spiro atoms. The van der Waals surface area contributed by atoms with Crippen molar-refractivity contribution in [2.75, 3.05) is 5.33 Å². The first-order valence-corrected chi connectivity index (χ1v) is 14.8. The van der Waals surface area contributed by atoms with Gasteiger partial charge in [-0.2, -0.15) is 0 Å². The SMILES string of the molecule is CC(C)CCCC(C)[C@H]1CC[C@H]2[C@@H]3CC=C4C[C@@H](O)CC[C@]4(C)[C@H]3CC[C@]12C.O=C(O)CBr. The van der Waals surface area contributed by atoms with Crippen molar-refractivity contribution >= 4 is 21.9 Å². The lowest BCUT2D eigenvalue weighted by Gasteiger charge is -2.58. The van der Waals surface area contributed by atoms with Crippen molar-refractivity contribution in [2.24, 2.45) is 46.3 Å². The lowest BCUT2D eigenvalue weighted by Crippen LogP contribution is -2.50. The highest BCUT2D eigenvalue weighted by Crippen LogP contribution is 2.67. The van der Waals surface area contributed by atoms with Gasteiger partial charge in [-0.05, 0) is 97.7 Å². The molecule has 33 heavy (non-hydrogen) atoms. The van der Waals surface area contributed by atoms with Crippen molar-refractivity contribution < 1.29 is 15.0 Å². The number of alkyl halides is 1.